The number of methoxy groups -OCH3 is 1. The zero-order valence-corrected chi connectivity index (χ0v) is 18.3. The molecule has 2 aliphatic rings. The third-order valence-corrected chi connectivity index (χ3v) is 6.00. The number of anilines is 2. The molecule has 11 heteroatoms. The van der Waals surface area contributed by atoms with Gasteiger partial charge in [-0.2, -0.15) is 10.2 Å². The summed E-state index contributed by atoms with van der Waals surface area (Å²) < 4.78 is 18.4. The van der Waals surface area contributed by atoms with E-state index in [0.717, 1.165) is 29.7 Å². The number of fused-ring (bicyclic) bond motifs is 1. The summed E-state index contributed by atoms with van der Waals surface area (Å²) in [6.45, 7) is 4.30. The molecule has 0 aromatic carbocycles. The van der Waals surface area contributed by atoms with Gasteiger partial charge in [-0.3, -0.25) is 5.10 Å². The molecule has 32 heavy (non-hydrogen) atoms. The molecule has 1 saturated carbocycles. The number of rotatable bonds is 7. The second kappa shape index (κ2) is 8.06. The van der Waals surface area contributed by atoms with Crippen LogP contribution in [-0.4, -0.2) is 56.2 Å². The average Bonchev–Trinajstić information content (AvgIpc) is 3.20. The molecule has 0 spiro atoms. The lowest BCUT2D eigenvalue weighted by Gasteiger charge is -2.14. The fourth-order valence-electron chi connectivity index (χ4n) is 3.68. The molecule has 5 rings (SSSR count). The summed E-state index contributed by atoms with van der Waals surface area (Å²) in [6.07, 6.45) is 4.96. The van der Waals surface area contributed by atoms with Crippen molar-refractivity contribution in [1.82, 2.24) is 30.1 Å². The first-order chi connectivity index (χ1) is 15.4. The van der Waals surface area contributed by atoms with E-state index in [1.54, 1.807) is 24.0 Å². The average molecular weight is 441 g/mol. The summed E-state index contributed by atoms with van der Waals surface area (Å²) in [4.78, 5) is 16.5. The number of nitrogens with zero attached hydrogens (tertiary/aromatic N) is 4. The fraction of sp³-hybridized carbons (Fsp3) is 0.524. The van der Waals surface area contributed by atoms with Gasteiger partial charge in [0.1, 0.15) is 23.5 Å². The number of aromatic amines is 1. The summed E-state index contributed by atoms with van der Waals surface area (Å²) in [7, 11) is 1.65. The monoisotopic (exact) mass is 441 g/mol. The lowest BCUT2D eigenvalue weighted by Crippen LogP contribution is -2.37. The summed E-state index contributed by atoms with van der Waals surface area (Å²) in [5.41, 5.74) is 2.28. The number of carbonyl (C=O) groups is 1. The molecule has 4 heterocycles. The van der Waals surface area contributed by atoms with E-state index in [9.17, 15) is 4.79 Å². The van der Waals surface area contributed by atoms with Gasteiger partial charge in [0.25, 0.3) is 0 Å². The minimum atomic E-state index is -0.384. The number of hydrogen-bond acceptors (Lipinski definition) is 8. The van der Waals surface area contributed by atoms with Crippen LogP contribution in [0.2, 0.25) is 0 Å². The summed E-state index contributed by atoms with van der Waals surface area (Å²) in [6, 6.07) is 3.81. The third-order valence-electron chi connectivity index (χ3n) is 6.00. The summed E-state index contributed by atoms with van der Waals surface area (Å²) >= 11 is 0. The van der Waals surface area contributed by atoms with Crippen LogP contribution in [0.25, 0.3) is 5.52 Å². The first-order valence-corrected chi connectivity index (χ1v) is 10.7. The number of carbonyl (C=O) groups excluding carboxylic acids is 1. The predicted molar refractivity (Wildman–Crippen MR) is 115 cm³/mol. The van der Waals surface area contributed by atoms with Crippen molar-refractivity contribution in [3.8, 4) is 0 Å². The van der Waals surface area contributed by atoms with Crippen molar-refractivity contribution in [2.45, 2.75) is 57.0 Å². The number of hydrogen-bond donors (Lipinski definition) is 3. The molecule has 1 aliphatic heterocycles. The highest BCUT2D eigenvalue weighted by atomic mass is 16.6. The van der Waals surface area contributed by atoms with E-state index in [1.165, 1.54) is 0 Å². The van der Waals surface area contributed by atoms with Gasteiger partial charge in [0, 0.05) is 37.5 Å². The molecular weight excluding hydrogens is 414 g/mol. The second-order valence-corrected chi connectivity index (χ2v) is 8.65. The van der Waals surface area contributed by atoms with Crippen molar-refractivity contribution in [3.05, 3.63) is 35.9 Å². The van der Waals surface area contributed by atoms with Crippen LogP contribution in [-0.2, 0) is 14.2 Å². The largest absolute Gasteiger partial charge is 0.444 e. The SMILES string of the molecule is COC(C)c1cc2c(Nc3cc([C@H]4C[C@@H](OC(=O)NC5(C)CC5)CO4)n[nH]3)nccn2n1. The normalized spacial score (nSPS) is 22.6. The summed E-state index contributed by atoms with van der Waals surface area (Å²) in [5, 5.41) is 18.0. The van der Waals surface area contributed by atoms with E-state index in [1.807, 2.05) is 26.0 Å². The number of H-pyrrole nitrogens is 1. The van der Waals surface area contributed by atoms with Gasteiger partial charge in [0.05, 0.1) is 24.1 Å². The minimum absolute atomic E-state index is 0.104. The van der Waals surface area contributed by atoms with Crippen molar-refractivity contribution >= 4 is 23.2 Å². The first kappa shape index (κ1) is 20.7. The Kier molecular flexibility index (Phi) is 5.22. The van der Waals surface area contributed by atoms with Crippen molar-refractivity contribution in [1.29, 1.82) is 0 Å². The van der Waals surface area contributed by atoms with Gasteiger partial charge in [-0.15, -0.1) is 0 Å². The number of nitrogens with one attached hydrogen (secondary N) is 3. The Morgan fingerprint density at radius 2 is 2.25 bits per heavy atom. The van der Waals surface area contributed by atoms with Crippen LogP contribution in [0, 0.1) is 0 Å². The Hall–Kier alpha value is -3.18. The van der Waals surface area contributed by atoms with Crippen LogP contribution in [0.3, 0.4) is 0 Å². The van der Waals surface area contributed by atoms with E-state index >= 15 is 0 Å². The lowest BCUT2D eigenvalue weighted by atomic mass is 10.1. The number of aromatic nitrogens is 5. The molecule has 2 fully saturated rings. The minimum Gasteiger partial charge on any atom is -0.444 e. The van der Waals surface area contributed by atoms with E-state index < -0.39 is 0 Å². The van der Waals surface area contributed by atoms with Gasteiger partial charge in [0.2, 0.25) is 0 Å². The van der Waals surface area contributed by atoms with Crippen LogP contribution >= 0.6 is 0 Å². The van der Waals surface area contributed by atoms with Crippen LogP contribution < -0.4 is 10.6 Å². The summed E-state index contributed by atoms with van der Waals surface area (Å²) in [5.74, 6) is 1.32. The number of ether oxygens (including phenoxy) is 3. The number of alkyl carbamates (subject to hydrolysis) is 1. The zero-order chi connectivity index (χ0) is 22.3. The molecule has 3 aromatic heterocycles. The molecule has 11 nitrogen and oxygen atoms in total. The quantitative estimate of drug-likeness (QED) is 0.511. The highest BCUT2D eigenvalue weighted by molar-refractivity contribution is 5.72. The maximum Gasteiger partial charge on any atom is 0.407 e. The van der Waals surface area contributed by atoms with Gasteiger partial charge in [-0.25, -0.2) is 14.3 Å². The Labute approximate surface area is 184 Å². The third kappa shape index (κ3) is 4.26. The van der Waals surface area contributed by atoms with Crippen LogP contribution in [0.4, 0.5) is 16.4 Å². The second-order valence-electron chi connectivity index (χ2n) is 8.65. The molecule has 0 bridgehead atoms. The Morgan fingerprint density at radius 3 is 3.03 bits per heavy atom. The topological polar surface area (TPSA) is 128 Å². The molecule has 3 aromatic rings. The van der Waals surface area contributed by atoms with Crippen LogP contribution in [0.5, 0.6) is 0 Å². The van der Waals surface area contributed by atoms with Gasteiger partial charge in [0.15, 0.2) is 5.82 Å². The highest BCUT2D eigenvalue weighted by Crippen LogP contribution is 2.35. The molecule has 1 unspecified atom stereocenters. The van der Waals surface area contributed by atoms with E-state index in [-0.39, 0.29) is 29.9 Å². The lowest BCUT2D eigenvalue weighted by molar-refractivity contribution is 0.0675. The Morgan fingerprint density at radius 1 is 1.41 bits per heavy atom. The van der Waals surface area contributed by atoms with Crippen molar-refractivity contribution in [2.24, 2.45) is 0 Å². The van der Waals surface area contributed by atoms with Crippen molar-refractivity contribution in [3.63, 3.8) is 0 Å². The molecule has 1 saturated heterocycles. The highest BCUT2D eigenvalue weighted by Gasteiger charge is 2.40. The van der Waals surface area contributed by atoms with E-state index in [0.29, 0.717) is 24.7 Å². The van der Waals surface area contributed by atoms with Crippen LogP contribution in [0.15, 0.2) is 24.5 Å². The van der Waals surface area contributed by atoms with Gasteiger partial charge < -0.3 is 24.8 Å². The van der Waals surface area contributed by atoms with Gasteiger partial charge >= 0.3 is 6.09 Å². The molecule has 0 radical (unpaired) electrons. The molecule has 1 aliphatic carbocycles. The Bertz CT molecular complexity index is 1120. The predicted octanol–water partition coefficient (Wildman–Crippen LogP) is 3.01. The fourth-order valence-corrected chi connectivity index (χ4v) is 3.68. The molecule has 3 N–H and O–H groups in total. The first-order valence-electron chi connectivity index (χ1n) is 10.7. The molecule has 3 atom stereocenters. The zero-order valence-electron chi connectivity index (χ0n) is 18.3. The maximum absolute atomic E-state index is 12.0. The van der Waals surface area contributed by atoms with E-state index in [2.05, 4.69) is 30.9 Å². The molecular formula is C21H27N7O4. The molecule has 170 valence electrons. The Balaban J connectivity index is 1.23. The molecule has 1 amide bonds. The standard InChI is InChI=1S/C21H27N7O4/c1-12(30-3)14-9-16-19(22-6-7-28(16)27-14)23-18-10-15(25-26-18)17-8-13(11-31-17)32-20(29)24-21(2)4-5-21/h6-7,9-10,12-13,17H,4-5,8,11H2,1-3H3,(H,24,29)(H2,22,23,25,26)/t12?,13-,17-/m1/s1. The van der Waals surface area contributed by atoms with Crippen molar-refractivity contribution < 1.29 is 19.0 Å². The van der Waals surface area contributed by atoms with E-state index in [4.69, 9.17) is 14.2 Å². The van der Waals surface area contributed by atoms with Crippen molar-refractivity contribution in [2.75, 3.05) is 19.0 Å². The smallest absolute Gasteiger partial charge is 0.407 e. The van der Waals surface area contributed by atoms with Gasteiger partial charge in [-0.1, -0.05) is 0 Å². The van der Waals surface area contributed by atoms with Gasteiger partial charge in [-0.05, 0) is 32.8 Å². The maximum atomic E-state index is 12.0. The van der Waals surface area contributed by atoms with Crippen LogP contribution in [0.1, 0.15) is 56.7 Å². The number of amides is 1.